The number of amides is 1. The van der Waals surface area contributed by atoms with Gasteiger partial charge in [-0.1, -0.05) is 12.1 Å². The summed E-state index contributed by atoms with van der Waals surface area (Å²) in [6, 6.07) is 7.80. The lowest BCUT2D eigenvalue weighted by Gasteiger charge is -2.14. The highest BCUT2D eigenvalue weighted by atomic mass is 32.1. The highest BCUT2D eigenvalue weighted by molar-refractivity contribution is 7.80. The van der Waals surface area contributed by atoms with Gasteiger partial charge in [-0.05, 0) is 44.3 Å². The van der Waals surface area contributed by atoms with Gasteiger partial charge >= 0.3 is 0 Å². The van der Waals surface area contributed by atoms with Gasteiger partial charge in [-0.2, -0.15) is 0 Å². The molecule has 1 fully saturated rings. The minimum Gasteiger partial charge on any atom is -0.439 e. The average Bonchev–Trinajstić information content (AvgIpc) is 3.01. The molecule has 5 nitrogen and oxygen atoms in total. The van der Waals surface area contributed by atoms with Crippen LogP contribution >= 0.6 is 12.2 Å². The van der Waals surface area contributed by atoms with Crippen molar-refractivity contribution in [1.82, 2.24) is 4.90 Å². The predicted octanol–water partition coefficient (Wildman–Crippen LogP) is 2.79. The van der Waals surface area contributed by atoms with E-state index in [0.29, 0.717) is 12.4 Å². The number of hydrogen-bond acceptors (Lipinski definition) is 5. The van der Waals surface area contributed by atoms with E-state index in [4.69, 9.17) is 21.7 Å². The van der Waals surface area contributed by atoms with E-state index in [1.807, 2.05) is 43.0 Å². The zero-order chi connectivity index (χ0) is 15.7. The predicted molar refractivity (Wildman–Crippen MR) is 87.3 cm³/mol. The molecule has 22 heavy (non-hydrogen) atoms. The first kappa shape index (κ1) is 14.6. The summed E-state index contributed by atoms with van der Waals surface area (Å²) in [6.07, 6.45) is 3.34. The van der Waals surface area contributed by atoms with Gasteiger partial charge in [0.2, 0.25) is 5.88 Å². The van der Waals surface area contributed by atoms with E-state index in [2.05, 4.69) is 0 Å². The third kappa shape index (κ3) is 2.35. The van der Waals surface area contributed by atoms with Crippen molar-refractivity contribution >= 4 is 29.0 Å². The number of carbonyl (C=O) groups excluding carboxylic acids is 1. The van der Waals surface area contributed by atoms with Crippen LogP contribution in [0, 0.1) is 0 Å². The summed E-state index contributed by atoms with van der Waals surface area (Å²) in [5.41, 5.74) is 1.01. The lowest BCUT2D eigenvalue weighted by Crippen LogP contribution is -2.27. The number of carbonyl (C=O) groups is 1. The van der Waals surface area contributed by atoms with Crippen molar-refractivity contribution in [1.29, 1.82) is 0 Å². The van der Waals surface area contributed by atoms with Gasteiger partial charge in [0.1, 0.15) is 0 Å². The van der Waals surface area contributed by atoms with Crippen molar-refractivity contribution in [2.45, 2.75) is 13.8 Å². The van der Waals surface area contributed by atoms with E-state index in [0.717, 1.165) is 18.0 Å². The maximum Gasteiger partial charge on any atom is 0.297 e. The Hall–Kier alpha value is -2.34. The van der Waals surface area contributed by atoms with Gasteiger partial charge in [-0.15, -0.1) is 0 Å². The van der Waals surface area contributed by atoms with Gasteiger partial charge in [-0.25, -0.2) is 0 Å². The Balaban J connectivity index is 1.87. The number of anilines is 1. The zero-order valence-corrected chi connectivity index (χ0v) is 13.2. The van der Waals surface area contributed by atoms with Crippen molar-refractivity contribution in [2.24, 2.45) is 0 Å². The molecule has 0 bridgehead atoms. The zero-order valence-electron chi connectivity index (χ0n) is 12.4. The maximum atomic E-state index is 12.1. The van der Waals surface area contributed by atoms with Crippen LogP contribution in [0.25, 0.3) is 0 Å². The molecule has 2 heterocycles. The van der Waals surface area contributed by atoms with Crippen molar-refractivity contribution in [3.05, 3.63) is 48.1 Å². The van der Waals surface area contributed by atoms with Crippen LogP contribution in [0.3, 0.4) is 0 Å². The summed E-state index contributed by atoms with van der Waals surface area (Å²) in [5.74, 6) is 1.46. The van der Waals surface area contributed by atoms with E-state index in [1.165, 1.54) is 4.90 Å². The fourth-order valence-electron chi connectivity index (χ4n) is 2.44. The Labute approximate surface area is 134 Å². The molecule has 114 valence electrons. The Bertz CT molecular complexity index is 696. The van der Waals surface area contributed by atoms with Gasteiger partial charge in [0, 0.05) is 19.2 Å². The lowest BCUT2D eigenvalue weighted by molar-refractivity contribution is -0.122. The van der Waals surface area contributed by atoms with Crippen LogP contribution in [-0.4, -0.2) is 29.1 Å². The van der Waals surface area contributed by atoms with Crippen LogP contribution in [0.1, 0.15) is 13.8 Å². The van der Waals surface area contributed by atoms with E-state index < -0.39 is 0 Å². The van der Waals surface area contributed by atoms with E-state index >= 15 is 0 Å². The van der Waals surface area contributed by atoms with Crippen molar-refractivity contribution in [2.75, 3.05) is 18.0 Å². The molecule has 2 aliphatic heterocycles. The molecule has 0 radical (unpaired) electrons. The van der Waals surface area contributed by atoms with Crippen LogP contribution in [0.5, 0.6) is 5.75 Å². The van der Waals surface area contributed by atoms with Gasteiger partial charge in [0.15, 0.2) is 11.5 Å². The average molecular weight is 316 g/mol. The number of likely N-dealkylation sites (N-methyl/N-ethyl adjacent to an activating group) is 1. The highest BCUT2D eigenvalue weighted by Crippen LogP contribution is 2.38. The minimum atomic E-state index is -0.220. The molecule has 0 saturated carbocycles. The molecule has 1 amide bonds. The van der Waals surface area contributed by atoms with Crippen LogP contribution in [-0.2, 0) is 9.53 Å². The molecule has 1 aromatic carbocycles. The fraction of sp³-hybridized carbons (Fsp3) is 0.250. The second-order valence-electron chi connectivity index (χ2n) is 4.77. The standard InChI is InChI=1S/C16H16N2O3S/c1-3-17-11-7-5-6-8-12(11)20-14(17)10-9-13-15(19)18(4-2)16(22)21-13/h5-10H,3-4H2,1-2H3/b13-9-,14-10-. The number of rotatable bonds is 3. The number of benzene rings is 1. The van der Waals surface area contributed by atoms with Crippen LogP contribution < -0.4 is 9.64 Å². The number of nitrogens with zero attached hydrogens (tertiary/aromatic N) is 2. The first-order valence-corrected chi connectivity index (χ1v) is 7.56. The summed E-state index contributed by atoms with van der Waals surface area (Å²) in [6.45, 7) is 5.15. The fourth-order valence-corrected chi connectivity index (χ4v) is 2.74. The largest absolute Gasteiger partial charge is 0.439 e. The van der Waals surface area contributed by atoms with E-state index in [9.17, 15) is 4.79 Å². The van der Waals surface area contributed by atoms with Crippen LogP contribution in [0.4, 0.5) is 5.69 Å². The van der Waals surface area contributed by atoms with Gasteiger partial charge in [0.25, 0.3) is 11.1 Å². The van der Waals surface area contributed by atoms with Crippen LogP contribution in [0.15, 0.2) is 48.1 Å². The molecule has 0 aromatic heterocycles. The van der Waals surface area contributed by atoms with Crippen LogP contribution in [0.2, 0.25) is 0 Å². The Morgan fingerprint density at radius 3 is 2.50 bits per heavy atom. The molecule has 1 aromatic rings. The van der Waals surface area contributed by atoms with Crippen molar-refractivity contribution in [3.8, 4) is 5.75 Å². The number of hydrogen-bond donors (Lipinski definition) is 0. The quantitative estimate of drug-likeness (QED) is 0.633. The molecule has 0 unspecified atom stereocenters. The number of allylic oxidation sites excluding steroid dienone is 2. The molecule has 6 heteroatoms. The minimum absolute atomic E-state index is 0.195. The Kier molecular flexibility index (Phi) is 3.85. The molecule has 1 saturated heterocycles. The van der Waals surface area contributed by atoms with Crippen molar-refractivity contribution < 1.29 is 14.3 Å². The lowest BCUT2D eigenvalue weighted by atomic mass is 10.3. The third-order valence-electron chi connectivity index (χ3n) is 3.52. The number of ether oxygens (including phenoxy) is 2. The summed E-state index contributed by atoms with van der Waals surface area (Å²) < 4.78 is 11.1. The summed E-state index contributed by atoms with van der Waals surface area (Å²) in [5, 5.41) is 0.195. The van der Waals surface area contributed by atoms with E-state index in [1.54, 1.807) is 12.2 Å². The number of thiocarbonyl (C=S) groups is 1. The summed E-state index contributed by atoms with van der Waals surface area (Å²) >= 11 is 5.03. The molecular formula is C16H16N2O3S. The van der Waals surface area contributed by atoms with Gasteiger partial charge in [0.05, 0.1) is 5.69 Å². The number of fused-ring (bicyclic) bond motifs is 1. The molecule has 0 N–H and O–H groups in total. The summed E-state index contributed by atoms with van der Waals surface area (Å²) in [7, 11) is 0. The first-order valence-electron chi connectivity index (χ1n) is 7.15. The smallest absolute Gasteiger partial charge is 0.297 e. The SMILES string of the molecule is CCN1C(=O)/C(=C/C=C2\Oc3ccccc3N2CC)OC1=S. The second-order valence-corrected chi connectivity index (χ2v) is 5.12. The van der Waals surface area contributed by atoms with Gasteiger partial charge in [-0.3, -0.25) is 9.69 Å². The molecule has 0 atom stereocenters. The first-order chi connectivity index (χ1) is 10.7. The highest BCUT2D eigenvalue weighted by Gasteiger charge is 2.32. The summed E-state index contributed by atoms with van der Waals surface area (Å²) in [4.78, 5) is 15.5. The monoisotopic (exact) mass is 316 g/mol. The molecular weight excluding hydrogens is 300 g/mol. The topological polar surface area (TPSA) is 42.0 Å². The molecule has 0 aliphatic carbocycles. The molecule has 3 rings (SSSR count). The normalized spacial score (nSPS) is 20.6. The van der Waals surface area contributed by atoms with Gasteiger partial charge < -0.3 is 14.4 Å². The Morgan fingerprint density at radius 2 is 1.82 bits per heavy atom. The number of para-hydroxylation sites is 2. The Morgan fingerprint density at radius 1 is 1.09 bits per heavy atom. The second kappa shape index (κ2) is 5.81. The third-order valence-corrected chi connectivity index (χ3v) is 3.82. The van der Waals surface area contributed by atoms with Crippen molar-refractivity contribution in [3.63, 3.8) is 0 Å². The van der Waals surface area contributed by atoms with E-state index in [-0.39, 0.29) is 16.8 Å². The molecule has 2 aliphatic rings. The maximum absolute atomic E-state index is 12.1. The molecule has 0 spiro atoms.